The number of rotatable bonds is 6. The minimum absolute atomic E-state index is 0.155. The predicted octanol–water partition coefficient (Wildman–Crippen LogP) is 3.55. The van der Waals surface area contributed by atoms with Crippen molar-refractivity contribution >= 4 is 21.8 Å². The lowest BCUT2D eigenvalue weighted by atomic mass is 10.2. The highest BCUT2D eigenvalue weighted by Crippen LogP contribution is 2.32. The first-order chi connectivity index (χ1) is 10.6. The van der Waals surface area contributed by atoms with Gasteiger partial charge in [-0.3, -0.25) is 0 Å². The van der Waals surface area contributed by atoms with E-state index in [-0.39, 0.29) is 6.04 Å². The summed E-state index contributed by atoms with van der Waals surface area (Å²) < 4.78 is 26.5. The molecule has 0 bridgehead atoms. The lowest BCUT2D eigenvalue weighted by Gasteiger charge is -2.07. The van der Waals surface area contributed by atoms with Crippen LogP contribution < -0.4 is 0 Å². The Morgan fingerprint density at radius 2 is 1.77 bits per heavy atom. The van der Waals surface area contributed by atoms with Crippen molar-refractivity contribution in [3.05, 3.63) is 60.2 Å². The van der Waals surface area contributed by atoms with Gasteiger partial charge in [-0.05, 0) is 43.4 Å². The van der Waals surface area contributed by atoms with Crippen LogP contribution in [0, 0.1) is 6.92 Å². The Kier molecular flexibility index (Phi) is 4.57. The van der Waals surface area contributed by atoms with Crippen LogP contribution >= 0.6 is 11.8 Å². The average Bonchev–Trinajstić information content (AvgIpc) is 3.29. The van der Waals surface area contributed by atoms with Crippen LogP contribution in [0.15, 0.2) is 64.4 Å². The summed E-state index contributed by atoms with van der Waals surface area (Å²) in [5.41, 5.74) is 1.07. The van der Waals surface area contributed by atoms with Gasteiger partial charge in [0.2, 0.25) is 10.0 Å². The number of thioether (sulfide) groups is 1. The number of hydrogen-bond donors (Lipinski definition) is 0. The highest BCUT2D eigenvalue weighted by Gasteiger charge is 2.43. The van der Waals surface area contributed by atoms with Crippen molar-refractivity contribution in [3.8, 4) is 0 Å². The highest BCUT2D eigenvalue weighted by molar-refractivity contribution is 7.99. The van der Waals surface area contributed by atoms with Crippen LogP contribution in [0.25, 0.3) is 0 Å². The molecule has 2 aromatic carbocycles. The summed E-state index contributed by atoms with van der Waals surface area (Å²) >= 11 is 1.78. The summed E-state index contributed by atoms with van der Waals surface area (Å²) in [6.45, 7) is 2.60. The molecule has 116 valence electrons. The van der Waals surface area contributed by atoms with E-state index in [1.54, 1.807) is 28.2 Å². The first-order valence-electron chi connectivity index (χ1n) is 7.34. The summed E-state index contributed by atoms with van der Waals surface area (Å²) in [6, 6.07) is 17.4. The molecule has 0 saturated carbocycles. The molecule has 0 N–H and O–H groups in total. The zero-order valence-electron chi connectivity index (χ0n) is 12.5. The van der Waals surface area contributed by atoms with Crippen LogP contribution in [0.2, 0.25) is 0 Å². The van der Waals surface area contributed by atoms with Crippen LogP contribution in [0.3, 0.4) is 0 Å². The van der Waals surface area contributed by atoms with E-state index in [1.807, 2.05) is 37.3 Å². The largest absolute Gasteiger partial charge is 0.243 e. The molecule has 1 unspecified atom stereocenters. The third kappa shape index (κ3) is 3.54. The molecule has 5 heteroatoms. The molecule has 3 nitrogen and oxygen atoms in total. The maximum atomic E-state index is 12.5. The molecule has 2 aromatic rings. The first kappa shape index (κ1) is 15.6. The third-order valence-corrected chi connectivity index (χ3v) is 6.73. The molecule has 1 heterocycles. The molecule has 1 fully saturated rings. The fourth-order valence-electron chi connectivity index (χ4n) is 2.37. The van der Waals surface area contributed by atoms with Gasteiger partial charge in [0.25, 0.3) is 0 Å². The van der Waals surface area contributed by atoms with Gasteiger partial charge in [-0.2, -0.15) is 4.31 Å². The molecule has 0 amide bonds. The van der Waals surface area contributed by atoms with Crippen LogP contribution in [0.4, 0.5) is 0 Å². The van der Waals surface area contributed by atoms with Crippen LogP contribution in [-0.4, -0.2) is 31.1 Å². The zero-order valence-corrected chi connectivity index (χ0v) is 14.1. The van der Waals surface area contributed by atoms with E-state index < -0.39 is 10.0 Å². The third-order valence-electron chi connectivity index (χ3n) is 3.75. The van der Waals surface area contributed by atoms with Crippen LogP contribution in [-0.2, 0) is 10.0 Å². The maximum absolute atomic E-state index is 12.5. The SMILES string of the molecule is Cc1ccc(S(=O)(=O)N2C[C@@H]2CCSc2ccccc2)cc1. The maximum Gasteiger partial charge on any atom is 0.243 e. The lowest BCUT2D eigenvalue weighted by Crippen LogP contribution is -2.15. The molecule has 0 aromatic heterocycles. The Balaban J connectivity index is 1.54. The summed E-state index contributed by atoms with van der Waals surface area (Å²) in [6.07, 6.45) is 0.894. The molecule has 1 aliphatic rings. The monoisotopic (exact) mass is 333 g/mol. The Hall–Kier alpha value is -1.30. The van der Waals surface area contributed by atoms with Crippen LogP contribution in [0.1, 0.15) is 12.0 Å². The van der Waals surface area contributed by atoms with Gasteiger partial charge in [-0.25, -0.2) is 8.42 Å². The molecular formula is C17H19NO2S2. The molecule has 1 saturated heterocycles. The van der Waals surface area contributed by atoms with Gasteiger partial charge in [0, 0.05) is 17.5 Å². The average molecular weight is 333 g/mol. The van der Waals surface area contributed by atoms with Crippen molar-refractivity contribution in [1.82, 2.24) is 4.31 Å². The fraction of sp³-hybridized carbons (Fsp3) is 0.294. The van der Waals surface area contributed by atoms with Crippen molar-refractivity contribution in [2.75, 3.05) is 12.3 Å². The van der Waals surface area contributed by atoms with Crippen molar-refractivity contribution in [2.45, 2.75) is 29.2 Å². The van der Waals surface area contributed by atoms with E-state index in [9.17, 15) is 8.42 Å². The minimum atomic E-state index is -3.30. The smallest absolute Gasteiger partial charge is 0.207 e. The first-order valence-corrected chi connectivity index (χ1v) is 9.76. The van der Waals surface area contributed by atoms with Crippen molar-refractivity contribution in [3.63, 3.8) is 0 Å². The van der Waals surface area contributed by atoms with Gasteiger partial charge in [0.05, 0.1) is 4.90 Å². The summed E-state index contributed by atoms with van der Waals surface area (Å²) in [5, 5.41) is 0. The van der Waals surface area contributed by atoms with Gasteiger partial charge in [0.15, 0.2) is 0 Å². The molecule has 0 radical (unpaired) electrons. The predicted molar refractivity (Wildman–Crippen MR) is 90.6 cm³/mol. The highest BCUT2D eigenvalue weighted by atomic mass is 32.2. The van der Waals surface area contributed by atoms with Gasteiger partial charge >= 0.3 is 0 Å². The second kappa shape index (κ2) is 6.44. The quantitative estimate of drug-likeness (QED) is 0.599. The molecule has 3 rings (SSSR count). The van der Waals surface area contributed by atoms with Crippen molar-refractivity contribution < 1.29 is 8.42 Å². The minimum Gasteiger partial charge on any atom is -0.207 e. The number of nitrogens with zero attached hydrogens (tertiary/aromatic N) is 1. The van der Waals surface area contributed by atoms with E-state index in [0.29, 0.717) is 11.4 Å². The zero-order chi connectivity index (χ0) is 15.6. The van der Waals surface area contributed by atoms with E-state index in [0.717, 1.165) is 17.7 Å². The number of benzene rings is 2. The number of sulfonamides is 1. The van der Waals surface area contributed by atoms with Gasteiger partial charge in [0.1, 0.15) is 0 Å². The second-order valence-electron chi connectivity index (χ2n) is 5.49. The van der Waals surface area contributed by atoms with Gasteiger partial charge in [-0.15, -0.1) is 11.8 Å². The van der Waals surface area contributed by atoms with E-state index in [1.165, 1.54) is 4.90 Å². The lowest BCUT2D eigenvalue weighted by molar-refractivity contribution is 0.550. The van der Waals surface area contributed by atoms with Crippen molar-refractivity contribution in [2.24, 2.45) is 0 Å². The van der Waals surface area contributed by atoms with Gasteiger partial charge in [-0.1, -0.05) is 35.9 Å². The molecule has 0 spiro atoms. The molecule has 1 aliphatic heterocycles. The summed E-state index contributed by atoms with van der Waals surface area (Å²) in [7, 11) is -3.30. The van der Waals surface area contributed by atoms with E-state index >= 15 is 0 Å². The standard InChI is InChI=1S/C17H19NO2S2/c1-14-7-9-17(10-8-14)22(19,20)18-13-15(18)11-12-21-16-5-3-2-4-6-16/h2-10,15H,11-13H2,1H3/t15-,18?/m0/s1. The summed E-state index contributed by atoms with van der Waals surface area (Å²) in [4.78, 5) is 1.63. The molecular weight excluding hydrogens is 314 g/mol. The Morgan fingerprint density at radius 1 is 1.09 bits per heavy atom. The van der Waals surface area contributed by atoms with Gasteiger partial charge < -0.3 is 0 Å². The molecule has 22 heavy (non-hydrogen) atoms. The Morgan fingerprint density at radius 3 is 2.45 bits per heavy atom. The van der Waals surface area contributed by atoms with E-state index in [4.69, 9.17) is 0 Å². The van der Waals surface area contributed by atoms with Crippen LogP contribution in [0.5, 0.6) is 0 Å². The topological polar surface area (TPSA) is 37.1 Å². The summed E-state index contributed by atoms with van der Waals surface area (Å²) in [5.74, 6) is 0.939. The Labute approximate surface area is 136 Å². The fourth-order valence-corrected chi connectivity index (χ4v) is 4.96. The molecule has 2 atom stereocenters. The second-order valence-corrected chi connectivity index (χ2v) is 8.55. The Bertz CT molecular complexity index is 727. The normalized spacial score (nSPS) is 20.8. The number of hydrogen-bond acceptors (Lipinski definition) is 3. The number of aryl methyl sites for hydroxylation is 1. The van der Waals surface area contributed by atoms with Crippen molar-refractivity contribution in [1.29, 1.82) is 0 Å². The van der Waals surface area contributed by atoms with E-state index in [2.05, 4.69) is 12.1 Å². The molecule has 0 aliphatic carbocycles.